The minimum Gasteiger partial charge on any atom is -0.493 e. The van der Waals surface area contributed by atoms with Gasteiger partial charge in [0.05, 0.1) is 29.8 Å². The molecular formula is C15H14BrClN2O4S. The predicted octanol–water partition coefficient (Wildman–Crippen LogP) is 3.43. The Bertz CT molecular complexity index is 855. The third-order valence-electron chi connectivity index (χ3n) is 2.97. The minimum absolute atomic E-state index is 0.0672. The molecule has 2 aromatic carbocycles. The number of nitrogens with one attached hydrogen (secondary N) is 1. The number of ether oxygens (including phenoxy) is 2. The highest BCUT2D eigenvalue weighted by atomic mass is 79.9. The highest BCUT2D eigenvalue weighted by molar-refractivity contribution is 9.10. The SMILES string of the molecule is COc1cc(/C=N/NS(=O)(=O)c2ccc(Cl)cc2)cc(Br)c1OC. The van der Waals surface area contributed by atoms with E-state index in [1.807, 2.05) is 0 Å². The molecule has 0 aliphatic rings. The molecule has 0 aliphatic carbocycles. The number of sulfonamides is 1. The van der Waals surface area contributed by atoms with Crippen LogP contribution >= 0.6 is 27.5 Å². The van der Waals surface area contributed by atoms with Gasteiger partial charge in [-0.05, 0) is 57.9 Å². The summed E-state index contributed by atoms with van der Waals surface area (Å²) in [5.74, 6) is 1.03. The second-order valence-electron chi connectivity index (χ2n) is 4.55. The zero-order valence-electron chi connectivity index (χ0n) is 12.8. The molecule has 0 radical (unpaired) electrons. The lowest BCUT2D eigenvalue weighted by atomic mass is 10.2. The van der Waals surface area contributed by atoms with Gasteiger partial charge in [0.2, 0.25) is 0 Å². The fourth-order valence-corrected chi connectivity index (χ4v) is 3.39. The van der Waals surface area contributed by atoms with E-state index in [2.05, 4.69) is 25.9 Å². The van der Waals surface area contributed by atoms with Crippen molar-refractivity contribution in [1.29, 1.82) is 0 Å². The molecule has 0 aromatic heterocycles. The molecule has 2 aromatic rings. The van der Waals surface area contributed by atoms with Crippen LogP contribution in [0.1, 0.15) is 5.56 Å². The molecule has 0 saturated carbocycles. The van der Waals surface area contributed by atoms with Crippen LogP contribution in [0, 0.1) is 0 Å². The average Bonchev–Trinajstić information content (AvgIpc) is 2.54. The van der Waals surface area contributed by atoms with Crippen LogP contribution in [0.3, 0.4) is 0 Å². The first-order valence-electron chi connectivity index (χ1n) is 6.59. The first-order valence-corrected chi connectivity index (χ1v) is 9.24. The Hall–Kier alpha value is -1.77. The smallest absolute Gasteiger partial charge is 0.276 e. The molecule has 128 valence electrons. The highest BCUT2D eigenvalue weighted by Crippen LogP contribution is 2.35. The van der Waals surface area contributed by atoms with Gasteiger partial charge in [0.15, 0.2) is 11.5 Å². The molecular weight excluding hydrogens is 420 g/mol. The number of halogens is 2. The van der Waals surface area contributed by atoms with E-state index in [1.165, 1.54) is 44.7 Å². The molecule has 0 fully saturated rings. The largest absolute Gasteiger partial charge is 0.493 e. The molecule has 2 rings (SSSR count). The van der Waals surface area contributed by atoms with E-state index in [1.54, 1.807) is 12.1 Å². The zero-order chi connectivity index (χ0) is 17.7. The van der Waals surface area contributed by atoms with Gasteiger partial charge in [0.25, 0.3) is 10.0 Å². The van der Waals surface area contributed by atoms with Crippen LogP contribution in [0.4, 0.5) is 0 Å². The third-order valence-corrected chi connectivity index (χ3v) is 5.05. The quantitative estimate of drug-likeness (QED) is 0.559. The Kier molecular flexibility index (Phi) is 6.09. The summed E-state index contributed by atoms with van der Waals surface area (Å²) < 4.78 is 35.3. The van der Waals surface area contributed by atoms with Gasteiger partial charge in [-0.2, -0.15) is 13.5 Å². The van der Waals surface area contributed by atoms with Gasteiger partial charge in [-0.15, -0.1) is 0 Å². The summed E-state index contributed by atoms with van der Waals surface area (Å²) in [5.41, 5.74) is 0.623. The van der Waals surface area contributed by atoms with Gasteiger partial charge in [-0.1, -0.05) is 11.6 Å². The van der Waals surface area contributed by atoms with Crippen LogP contribution < -0.4 is 14.3 Å². The summed E-state index contributed by atoms with van der Waals surface area (Å²) in [4.78, 5) is 2.21. The molecule has 0 unspecified atom stereocenters. The molecule has 6 nitrogen and oxygen atoms in total. The Morgan fingerprint density at radius 3 is 2.42 bits per heavy atom. The van der Waals surface area contributed by atoms with Crippen LogP contribution in [-0.4, -0.2) is 28.9 Å². The van der Waals surface area contributed by atoms with E-state index in [0.717, 1.165) is 0 Å². The Morgan fingerprint density at radius 1 is 1.17 bits per heavy atom. The van der Waals surface area contributed by atoms with Crippen LogP contribution in [0.15, 0.2) is 50.9 Å². The molecule has 24 heavy (non-hydrogen) atoms. The monoisotopic (exact) mass is 432 g/mol. The van der Waals surface area contributed by atoms with Crippen molar-refractivity contribution in [2.45, 2.75) is 4.90 Å². The average molecular weight is 434 g/mol. The molecule has 0 amide bonds. The van der Waals surface area contributed by atoms with E-state index in [9.17, 15) is 8.42 Å². The molecule has 0 saturated heterocycles. The first kappa shape index (κ1) is 18.6. The number of hydrogen-bond donors (Lipinski definition) is 1. The number of hydrazone groups is 1. The normalized spacial score (nSPS) is 11.5. The fraction of sp³-hybridized carbons (Fsp3) is 0.133. The lowest BCUT2D eigenvalue weighted by Crippen LogP contribution is -2.18. The Labute approximate surface area is 153 Å². The number of benzene rings is 2. The van der Waals surface area contributed by atoms with Crippen molar-refractivity contribution in [2.75, 3.05) is 14.2 Å². The molecule has 1 N–H and O–H groups in total. The van der Waals surface area contributed by atoms with Crippen LogP contribution in [-0.2, 0) is 10.0 Å². The molecule has 0 bridgehead atoms. The maximum Gasteiger partial charge on any atom is 0.276 e. The molecule has 0 heterocycles. The van der Waals surface area contributed by atoms with E-state index < -0.39 is 10.0 Å². The Morgan fingerprint density at radius 2 is 1.83 bits per heavy atom. The van der Waals surface area contributed by atoms with Crippen molar-refractivity contribution >= 4 is 43.8 Å². The van der Waals surface area contributed by atoms with E-state index in [4.69, 9.17) is 21.1 Å². The topological polar surface area (TPSA) is 77.0 Å². The molecule has 9 heteroatoms. The number of hydrogen-bond acceptors (Lipinski definition) is 5. The van der Waals surface area contributed by atoms with Crippen molar-refractivity contribution in [3.05, 3.63) is 51.5 Å². The van der Waals surface area contributed by atoms with E-state index in [-0.39, 0.29) is 4.90 Å². The van der Waals surface area contributed by atoms with Gasteiger partial charge in [0.1, 0.15) is 0 Å². The molecule has 0 atom stereocenters. The van der Waals surface area contributed by atoms with Gasteiger partial charge < -0.3 is 9.47 Å². The second kappa shape index (κ2) is 7.87. The predicted molar refractivity (Wildman–Crippen MR) is 96.6 cm³/mol. The second-order valence-corrected chi connectivity index (χ2v) is 7.50. The Balaban J connectivity index is 2.19. The van der Waals surface area contributed by atoms with E-state index >= 15 is 0 Å². The summed E-state index contributed by atoms with van der Waals surface area (Å²) in [6, 6.07) is 9.17. The highest BCUT2D eigenvalue weighted by Gasteiger charge is 2.13. The van der Waals surface area contributed by atoms with Crippen LogP contribution in [0.25, 0.3) is 0 Å². The van der Waals surface area contributed by atoms with Gasteiger partial charge in [0, 0.05) is 5.02 Å². The van der Waals surface area contributed by atoms with Crippen molar-refractivity contribution in [1.82, 2.24) is 4.83 Å². The fourth-order valence-electron chi connectivity index (χ4n) is 1.85. The van der Waals surface area contributed by atoms with Gasteiger partial charge >= 0.3 is 0 Å². The maximum absolute atomic E-state index is 12.1. The molecule has 0 aliphatic heterocycles. The number of methoxy groups -OCH3 is 2. The first-order chi connectivity index (χ1) is 11.4. The third kappa shape index (κ3) is 4.40. The van der Waals surface area contributed by atoms with Crippen LogP contribution in [0.2, 0.25) is 5.02 Å². The summed E-state index contributed by atoms with van der Waals surface area (Å²) in [6.45, 7) is 0. The van der Waals surface area contributed by atoms with Crippen molar-refractivity contribution < 1.29 is 17.9 Å². The number of rotatable bonds is 6. The molecule has 0 spiro atoms. The summed E-state index contributed by atoms with van der Waals surface area (Å²) in [5, 5.41) is 4.22. The lowest BCUT2D eigenvalue weighted by Gasteiger charge is -2.10. The minimum atomic E-state index is -3.76. The standard InChI is InChI=1S/C15H14BrClN2O4S/c1-22-14-8-10(7-13(16)15(14)23-2)9-18-19-24(20,21)12-5-3-11(17)4-6-12/h3-9,19H,1-2H3/b18-9+. The van der Waals surface area contributed by atoms with Crippen LogP contribution in [0.5, 0.6) is 11.5 Å². The number of nitrogens with zero attached hydrogens (tertiary/aromatic N) is 1. The van der Waals surface area contributed by atoms with Gasteiger partial charge in [-0.3, -0.25) is 0 Å². The maximum atomic E-state index is 12.1. The van der Waals surface area contributed by atoms with E-state index in [0.29, 0.717) is 26.6 Å². The van der Waals surface area contributed by atoms with Crippen molar-refractivity contribution in [3.63, 3.8) is 0 Å². The van der Waals surface area contributed by atoms with Gasteiger partial charge in [-0.25, -0.2) is 4.83 Å². The zero-order valence-corrected chi connectivity index (χ0v) is 15.9. The van der Waals surface area contributed by atoms with Crippen molar-refractivity contribution in [2.24, 2.45) is 5.10 Å². The summed E-state index contributed by atoms with van der Waals surface area (Å²) >= 11 is 9.10. The summed E-state index contributed by atoms with van der Waals surface area (Å²) in [7, 11) is -0.727. The lowest BCUT2D eigenvalue weighted by molar-refractivity contribution is 0.353. The summed E-state index contributed by atoms with van der Waals surface area (Å²) in [6.07, 6.45) is 1.36. The van der Waals surface area contributed by atoms with Crippen molar-refractivity contribution in [3.8, 4) is 11.5 Å².